The fourth-order valence-corrected chi connectivity index (χ4v) is 3.30. The molecule has 1 N–H and O–H groups in total. The highest BCUT2D eigenvalue weighted by Gasteiger charge is 2.29. The van der Waals surface area contributed by atoms with Gasteiger partial charge in [0.1, 0.15) is 5.75 Å². The van der Waals surface area contributed by atoms with E-state index in [-0.39, 0.29) is 12.6 Å². The minimum Gasteiger partial charge on any atom is -0.493 e. The molecule has 3 heterocycles. The second kappa shape index (κ2) is 6.15. The number of aromatic nitrogens is 1. The van der Waals surface area contributed by atoms with Crippen molar-refractivity contribution in [3.63, 3.8) is 0 Å². The molecule has 1 aromatic carbocycles. The number of aromatic amines is 1. The first kappa shape index (κ1) is 15.0. The summed E-state index contributed by atoms with van der Waals surface area (Å²) in [7, 11) is 2.19. The van der Waals surface area contributed by atoms with Crippen LogP contribution in [0.25, 0.3) is 10.9 Å². The Balaban J connectivity index is 1.40. The second-order valence-electron chi connectivity index (χ2n) is 6.70. The van der Waals surface area contributed by atoms with Gasteiger partial charge in [0, 0.05) is 10.9 Å². The number of piperidine rings is 1. The van der Waals surface area contributed by atoms with Crippen molar-refractivity contribution >= 4 is 10.9 Å². The van der Waals surface area contributed by atoms with Gasteiger partial charge in [0.25, 0.3) is 0 Å². The van der Waals surface area contributed by atoms with Crippen LogP contribution in [0.4, 0.5) is 0 Å². The highest BCUT2D eigenvalue weighted by atomic mass is 16.9. The van der Waals surface area contributed by atoms with Crippen molar-refractivity contribution < 1.29 is 14.2 Å². The van der Waals surface area contributed by atoms with E-state index >= 15 is 0 Å². The zero-order chi connectivity index (χ0) is 15.8. The number of rotatable bonds is 4. The molecule has 0 aliphatic carbocycles. The third kappa shape index (κ3) is 3.22. The molecule has 5 heteroatoms. The lowest BCUT2D eigenvalue weighted by atomic mass is 9.98. The van der Waals surface area contributed by atoms with Gasteiger partial charge in [0.05, 0.1) is 12.3 Å². The third-order valence-electron chi connectivity index (χ3n) is 4.82. The quantitative estimate of drug-likeness (QED) is 0.940. The largest absolute Gasteiger partial charge is 0.493 e. The molecule has 0 radical (unpaired) electrons. The first-order valence-electron chi connectivity index (χ1n) is 8.42. The lowest BCUT2D eigenvalue weighted by molar-refractivity contribution is -0.383. The number of H-pyrrole nitrogens is 1. The van der Waals surface area contributed by atoms with Gasteiger partial charge in [-0.25, -0.2) is 0 Å². The standard InChI is InChI=1S/C18H24N2O3/c1-12-22-18(23-12)17-10-14-9-15(3-4-16(14)19-17)21-11-13-5-7-20(2)8-6-13/h3-4,9-10,12-13,18-19H,5-8,11H2,1-2H3. The summed E-state index contributed by atoms with van der Waals surface area (Å²) in [6.07, 6.45) is 2.07. The van der Waals surface area contributed by atoms with Gasteiger partial charge in [-0.2, -0.15) is 0 Å². The molecule has 2 aliphatic heterocycles. The fraction of sp³-hybridized carbons (Fsp3) is 0.556. The highest BCUT2D eigenvalue weighted by molar-refractivity contribution is 5.82. The van der Waals surface area contributed by atoms with Crippen molar-refractivity contribution in [2.24, 2.45) is 5.92 Å². The van der Waals surface area contributed by atoms with E-state index in [1.54, 1.807) is 0 Å². The Morgan fingerprint density at radius 2 is 2.00 bits per heavy atom. The van der Waals surface area contributed by atoms with Crippen LogP contribution in [0.1, 0.15) is 31.7 Å². The molecule has 0 bridgehead atoms. The van der Waals surface area contributed by atoms with Crippen LogP contribution in [0.2, 0.25) is 0 Å². The van der Waals surface area contributed by atoms with Crippen LogP contribution in [0.5, 0.6) is 5.75 Å². The molecule has 0 spiro atoms. The molecule has 0 saturated carbocycles. The van der Waals surface area contributed by atoms with E-state index in [0.717, 1.165) is 29.0 Å². The Morgan fingerprint density at radius 3 is 2.74 bits per heavy atom. The predicted octanol–water partition coefficient (Wildman–Crippen LogP) is 3.28. The first-order valence-corrected chi connectivity index (χ1v) is 8.42. The fourth-order valence-electron chi connectivity index (χ4n) is 3.30. The molecule has 0 amide bonds. The second-order valence-corrected chi connectivity index (χ2v) is 6.70. The highest BCUT2D eigenvalue weighted by Crippen LogP contribution is 2.33. The molecule has 0 unspecified atom stereocenters. The van der Waals surface area contributed by atoms with Gasteiger partial charge in [0.2, 0.25) is 6.29 Å². The molecular formula is C18H24N2O3. The van der Waals surface area contributed by atoms with E-state index < -0.39 is 0 Å². The molecule has 23 heavy (non-hydrogen) atoms. The van der Waals surface area contributed by atoms with Gasteiger partial charge < -0.3 is 24.1 Å². The molecular weight excluding hydrogens is 292 g/mol. The number of hydrogen-bond donors (Lipinski definition) is 1. The van der Waals surface area contributed by atoms with Crippen LogP contribution in [-0.4, -0.2) is 42.9 Å². The maximum Gasteiger partial charge on any atom is 0.204 e. The van der Waals surface area contributed by atoms with Gasteiger partial charge in [-0.3, -0.25) is 0 Å². The topological polar surface area (TPSA) is 46.7 Å². The molecule has 1 aromatic heterocycles. The van der Waals surface area contributed by atoms with E-state index in [1.165, 1.54) is 25.9 Å². The number of benzene rings is 1. The lowest BCUT2D eigenvalue weighted by Gasteiger charge is -2.32. The maximum absolute atomic E-state index is 6.02. The van der Waals surface area contributed by atoms with E-state index in [4.69, 9.17) is 14.2 Å². The summed E-state index contributed by atoms with van der Waals surface area (Å²) in [4.78, 5) is 5.73. The number of nitrogens with zero attached hydrogens (tertiary/aromatic N) is 1. The molecule has 2 aromatic rings. The monoisotopic (exact) mass is 316 g/mol. The van der Waals surface area contributed by atoms with E-state index in [9.17, 15) is 0 Å². The number of hydrogen-bond acceptors (Lipinski definition) is 4. The van der Waals surface area contributed by atoms with Crippen LogP contribution in [-0.2, 0) is 9.47 Å². The van der Waals surface area contributed by atoms with E-state index in [1.807, 2.05) is 13.0 Å². The smallest absolute Gasteiger partial charge is 0.204 e. The Bertz CT molecular complexity index is 670. The Hall–Kier alpha value is -1.56. The molecule has 0 atom stereocenters. The lowest BCUT2D eigenvalue weighted by Crippen LogP contribution is -2.32. The van der Waals surface area contributed by atoms with Crippen molar-refractivity contribution in [3.05, 3.63) is 30.0 Å². The van der Waals surface area contributed by atoms with Crippen molar-refractivity contribution in [2.75, 3.05) is 26.7 Å². The van der Waals surface area contributed by atoms with Crippen molar-refractivity contribution in [2.45, 2.75) is 32.3 Å². The summed E-state index contributed by atoms with van der Waals surface area (Å²) in [5, 5.41) is 1.13. The minimum atomic E-state index is -0.263. The summed E-state index contributed by atoms with van der Waals surface area (Å²) < 4.78 is 17.1. The molecule has 5 nitrogen and oxygen atoms in total. The number of fused-ring (bicyclic) bond motifs is 1. The number of ether oxygens (including phenoxy) is 3. The molecule has 2 fully saturated rings. The minimum absolute atomic E-state index is 0.111. The summed E-state index contributed by atoms with van der Waals surface area (Å²) >= 11 is 0. The Kier molecular flexibility index (Phi) is 4.01. The van der Waals surface area contributed by atoms with Gasteiger partial charge in [-0.05, 0) is 70.1 Å². The van der Waals surface area contributed by atoms with Crippen molar-refractivity contribution in [1.29, 1.82) is 0 Å². The zero-order valence-electron chi connectivity index (χ0n) is 13.7. The van der Waals surface area contributed by atoms with Crippen LogP contribution in [0.3, 0.4) is 0 Å². The Morgan fingerprint density at radius 1 is 1.22 bits per heavy atom. The molecule has 124 valence electrons. The number of likely N-dealkylation sites (tertiary alicyclic amines) is 1. The van der Waals surface area contributed by atoms with E-state index in [0.29, 0.717) is 5.92 Å². The van der Waals surface area contributed by atoms with E-state index in [2.05, 4.69) is 35.1 Å². The molecule has 2 aliphatic rings. The molecule has 4 rings (SSSR count). The third-order valence-corrected chi connectivity index (χ3v) is 4.82. The first-order chi connectivity index (χ1) is 11.2. The van der Waals surface area contributed by atoms with Crippen molar-refractivity contribution in [1.82, 2.24) is 9.88 Å². The van der Waals surface area contributed by atoms with Crippen molar-refractivity contribution in [3.8, 4) is 5.75 Å². The summed E-state index contributed by atoms with van der Waals surface area (Å²) in [5.41, 5.74) is 2.05. The normalized spacial score (nSPS) is 26.3. The van der Waals surface area contributed by atoms with Gasteiger partial charge in [0.15, 0.2) is 6.29 Å². The Labute approximate surface area is 136 Å². The summed E-state index contributed by atoms with van der Waals surface area (Å²) in [6.45, 7) is 5.05. The van der Waals surface area contributed by atoms with Gasteiger partial charge >= 0.3 is 0 Å². The molecule has 2 saturated heterocycles. The average Bonchev–Trinajstić information content (AvgIpc) is 2.94. The SMILES string of the molecule is CC1OC(c2cc3cc(OCC4CCN(C)CC4)ccc3[nH]2)O1. The average molecular weight is 316 g/mol. The number of nitrogens with one attached hydrogen (secondary N) is 1. The van der Waals surface area contributed by atoms with Gasteiger partial charge in [-0.1, -0.05) is 0 Å². The van der Waals surface area contributed by atoms with Crippen LogP contribution < -0.4 is 4.74 Å². The maximum atomic E-state index is 6.02. The summed E-state index contributed by atoms with van der Waals surface area (Å²) in [6, 6.07) is 8.26. The zero-order valence-corrected chi connectivity index (χ0v) is 13.7. The van der Waals surface area contributed by atoms with Gasteiger partial charge in [-0.15, -0.1) is 0 Å². The van der Waals surface area contributed by atoms with Crippen LogP contribution >= 0.6 is 0 Å². The van der Waals surface area contributed by atoms with Crippen LogP contribution in [0, 0.1) is 5.92 Å². The van der Waals surface area contributed by atoms with Crippen LogP contribution in [0.15, 0.2) is 24.3 Å². The predicted molar refractivity (Wildman–Crippen MR) is 88.4 cm³/mol. The summed E-state index contributed by atoms with van der Waals surface area (Å²) in [5.74, 6) is 1.60.